The van der Waals surface area contributed by atoms with Crippen LogP contribution in [0.5, 0.6) is 5.75 Å². The molecule has 104 valence electrons. The molecule has 0 amide bonds. The normalized spacial score (nSPS) is 10.4. The molecule has 0 aliphatic rings. The molecule has 2 nitrogen and oxygen atoms in total. The lowest BCUT2D eigenvalue weighted by molar-refractivity contribution is 0.103. The van der Waals surface area contributed by atoms with Crippen LogP contribution in [0.4, 0.5) is 0 Å². The third kappa shape index (κ3) is 3.51. The summed E-state index contributed by atoms with van der Waals surface area (Å²) in [5.41, 5.74) is 1.23. The van der Waals surface area contributed by atoms with Gasteiger partial charge in [0.2, 0.25) is 0 Å². The molecule has 0 fully saturated rings. The van der Waals surface area contributed by atoms with Crippen molar-refractivity contribution in [2.45, 2.75) is 6.92 Å². The zero-order chi connectivity index (χ0) is 14.7. The number of halogens is 3. The molecule has 0 aromatic heterocycles. The highest BCUT2D eigenvalue weighted by molar-refractivity contribution is 9.11. The quantitative estimate of drug-likeness (QED) is 0.552. The number of hydrogen-bond donors (Lipinski definition) is 0. The first-order chi connectivity index (χ1) is 9.52. The molecule has 5 heteroatoms. The number of ether oxygens (including phenoxy) is 1. The van der Waals surface area contributed by atoms with Gasteiger partial charge in [0.25, 0.3) is 0 Å². The Morgan fingerprint density at radius 1 is 1.00 bits per heavy atom. The van der Waals surface area contributed by atoms with Crippen LogP contribution in [-0.2, 0) is 0 Å². The Balaban J connectivity index is 2.38. The maximum atomic E-state index is 12.6. The summed E-state index contributed by atoms with van der Waals surface area (Å²) < 4.78 is 7.82. The Morgan fingerprint density at radius 2 is 1.60 bits per heavy atom. The van der Waals surface area contributed by atoms with Gasteiger partial charge < -0.3 is 4.74 Å². The summed E-state index contributed by atoms with van der Waals surface area (Å²) in [5, 5.41) is 0. The lowest BCUT2D eigenvalue weighted by Crippen LogP contribution is -2.04. The van der Waals surface area contributed by atoms with Crippen molar-refractivity contribution in [2.75, 3.05) is 6.61 Å². The van der Waals surface area contributed by atoms with Gasteiger partial charge >= 0.3 is 0 Å². The van der Waals surface area contributed by atoms with Gasteiger partial charge in [0.15, 0.2) is 5.78 Å². The van der Waals surface area contributed by atoms with Crippen LogP contribution in [-0.4, -0.2) is 12.4 Å². The minimum absolute atomic E-state index is 0.0423. The Hall–Kier alpha value is -0.650. The molecule has 2 rings (SSSR count). The molecule has 0 saturated heterocycles. The van der Waals surface area contributed by atoms with Crippen LogP contribution < -0.4 is 4.74 Å². The van der Waals surface area contributed by atoms with Crippen LogP contribution in [0, 0.1) is 0 Å². The Morgan fingerprint density at radius 3 is 2.15 bits per heavy atom. The van der Waals surface area contributed by atoms with Gasteiger partial charge in [-0.2, -0.15) is 0 Å². The van der Waals surface area contributed by atoms with Gasteiger partial charge in [0.1, 0.15) is 5.75 Å². The van der Waals surface area contributed by atoms with E-state index in [1.54, 1.807) is 18.2 Å². The second kappa shape index (κ2) is 6.87. The van der Waals surface area contributed by atoms with Crippen molar-refractivity contribution in [1.29, 1.82) is 0 Å². The SMILES string of the molecule is CCOc1ccc(C(=O)c2ccc(Br)cc2Br)c(Br)c1. The van der Waals surface area contributed by atoms with Gasteiger partial charge in [-0.3, -0.25) is 4.79 Å². The number of ketones is 1. The molecule has 0 radical (unpaired) electrons. The van der Waals surface area contributed by atoms with Crippen molar-refractivity contribution in [3.05, 3.63) is 60.9 Å². The zero-order valence-corrected chi connectivity index (χ0v) is 15.4. The topological polar surface area (TPSA) is 26.3 Å². The van der Waals surface area contributed by atoms with Crippen molar-refractivity contribution in [1.82, 2.24) is 0 Å². The summed E-state index contributed by atoms with van der Waals surface area (Å²) in [6, 6.07) is 10.9. The number of carbonyl (C=O) groups is 1. The Kier molecular flexibility index (Phi) is 5.41. The molecule has 0 spiro atoms. The monoisotopic (exact) mass is 460 g/mol. The van der Waals surface area contributed by atoms with E-state index in [0.29, 0.717) is 17.7 Å². The number of benzene rings is 2. The second-order valence-electron chi connectivity index (χ2n) is 4.03. The molecule has 0 unspecified atom stereocenters. The summed E-state index contributed by atoms with van der Waals surface area (Å²) in [4.78, 5) is 12.6. The lowest BCUT2D eigenvalue weighted by Gasteiger charge is -2.09. The molecule has 0 aliphatic heterocycles. The van der Waals surface area contributed by atoms with E-state index in [1.165, 1.54) is 0 Å². The maximum Gasteiger partial charge on any atom is 0.195 e. The highest BCUT2D eigenvalue weighted by atomic mass is 79.9. The summed E-state index contributed by atoms with van der Waals surface area (Å²) in [7, 11) is 0. The van der Waals surface area contributed by atoms with Crippen molar-refractivity contribution in [2.24, 2.45) is 0 Å². The molecule has 0 heterocycles. The molecule has 0 atom stereocenters. The standard InChI is InChI=1S/C15H11Br3O2/c1-2-20-10-4-6-12(14(18)8-10)15(19)11-5-3-9(16)7-13(11)17/h3-8H,2H2,1H3. The third-order valence-electron chi connectivity index (χ3n) is 2.67. The minimum atomic E-state index is -0.0423. The highest BCUT2D eigenvalue weighted by Crippen LogP contribution is 2.29. The average Bonchev–Trinajstić information content (AvgIpc) is 2.38. The third-order valence-corrected chi connectivity index (χ3v) is 4.48. The van der Waals surface area contributed by atoms with Crippen LogP contribution in [0.15, 0.2) is 49.8 Å². The Labute approximate surface area is 142 Å². The maximum absolute atomic E-state index is 12.6. The molecule has 0 saturated carbocycles. The van der Waals surface area contributed by atoms with Crippen LogP contribution in [0.2, 0.25) is 0 Å². The van der Waals surface area contributed by atoms with Crippen molar-refractivity contribution < 1.29 is 9.53 Å². The van der Waals surface area contributed by atoms with Crippen LogP contribution in [0.3, 0.4) is 0 Å². The smallest absolute Gasteiger partial charge is 0.195 e. The molecule has 2 aromatic carbocycles. The lowest BCUT2D eigenvalue weighted by atomic mass is 10.0. The fourth-order valence-corrected chi connectivity index (χ4v) is 3.52. The van der Waals surface area contributed by atoms with E-state index in [9.17, 15) is 4.79 Å². The van der Waals surface area contributed by atoms with Gasteiger partial charge in [-0.05, 0) is 75.2 Å². The fourth-order valence-electron chi connectivity index (χ4n) is 1.76. The average molecular weight is 463 g/mol. The minimum Gasteiger partial charge on any atom is -0.494 e. The first-order valence-corrected chi connectivity index (χ1v) is 8.33. The predicted octanol–water partition coefficient (Wildman–Crippen LogP) is 5.60. The van der Waals surface area contributed by atoms with Crippen LogP contribution in [0.1, 0.15) is 22.8 Å². The molecule has 0 bridgehead atoms. The van der Waals surface area contributed by atoms with Gasteiger partial charge in [0.05, 0.1) is 6.61 Å². The summed E-state index contributed by atoms with van der Waals surface area (Å²) in [6.45, 7) is 2.52. The first-order valence-electron chi connectivity index (χ1n) is 5.95. The van der Waals surface area contributed by atoms with Gasteiger partial charge in [-0.1, -0.05) is 15.9 Å². The molecular weight excluding hydrogens is 452 g/mol. The number of hydrogen-bond acceptors (Lipinski definition) is 2. The predicted molar refractivity (Wildman–Crippen MR) is 90.6 cm³/mol. The fraction of sp³-hybridized carbons (Fsp3) is 0.133. The van der Waals surface area contributed by atoms with Crippen LogP contribution in [0.25, 0.3) is 0 Å². The number of carbonyl (C=O) groups excluding carboxylic acids is 1. The van der Waals surface area contributed by atoms with E-state index < -0.39 is 0 Å². The van der Waals surface area contributed by atoms with Gasteiger partial charge in [0, 0.05) is 24.5 Å². The van der Waals surface area contributed by atoms with Gasteiger partial charge in [-0.15, -0.1) is 0 Å². The van der Waals surface area contributed by atoms with Gasteiger partial charge in [-0.25, -0.2) is 0 Å². The largest absolute Gasteiger partial charge is 0.494 e. The van der Waals surface area contributed by atoms with E-state index >= 15 is 0 Å². The highest BCUT2D eigenvalue weighted by Gasteiger charge is 2.16. The van der Waals surface area contributed by atoms with Crippen LogP contribution >= 0.6 is 47.8 Å². The van der Waals surface area contributed by atoms with Crippen molar-refractivity contribution in [3.8, 4) is 5.75 Å². The number of rotatable bonds is 4. The second-order valence-corrected chi connectivity index (χ2v) is 6.65. The van der Waals surface area contributed by atoms with E-state index in [1.807, 2.05) is 25.1 Å². The summed E-state index contributed by atoms with van der Waals surface area (Å²) in [6.07, 6.45) is 0. The molecular formula is C15H11Br3O2. The zero-order valence-electron chi connectivity index (χ0n) is 10.6. The Bertz CT molecular complexity index is 654. The van der Waals surface area contributed by atoms with E-state index in [4.69, 9.17) is 4.74 Å². The van der Waals surface area contributed by atoms with E-state index in [0.717, 1.165) is 19.2 Å². The molecule has 0 N–H and O–H groups in total. The van der Waals surface area contributed by atoms with Crippen molar-refractivity contribution in [3.63, 3.8) is 0 Å². The molecule has 20 heavy (non-hydrogen) atoms. The molecule has 0 aliphatic carbocycles. The summed E-state index contributed by atoms with van der Waals surface area (Å²) >= 11 is 10.2. The summed E-state index contributed by atoms with van der Waals surface area (Å²) in [5.74, 6) is 0.699. The first kappa shape index (κ1) is 15.7. The molecule has 2 aromatic rings. The van der Waals surface area contributed by atoms with E-state index in [2.05, 4.69) is 47.8 Å². The van der Waals surface area contributed by atoms with E-state index in [-0.39, 0.29) is 5.78 Å². The van der Waals surface area contributed by atoms with Crippen molar-refractivity contribution >= 4 is 53.6 Å².